The molecule has 0 aliphatic carbocycles. The highest BCUT2D eigenvalue weighted by atomic mass is 32.1. The van der Waals surface area contributed by atoms with Gasteiger partial charge in [0.2, 0.25) is 5.91 Å². The Balaban J connectivity index is 2.03. The molecule has 2 rings (SSSR count). The van der Waals surface area contributed by atoms with Crippen LogP contribution in [0.3, 0.4) is 0 Å². The number of anilines is 1. The minimum absolute atomic E-state index is 0.124. The van der Waals surface area contributed by atoms with Crippen LogP contribution in [0.2, 0.25) is 0 Å². The molecule has 0 fully saturated rings. The molecule has 2 aromatic rings. The number of rotatable bonds is 4. The third kappa shape index (κ3) is 3.12. The van der Waals surface area contributed by atoms with Crippen LogP contribution in [0.5, 0.6) is 0 Å². The highest BCUT2D eigenvalue weighted by molar-refractivity contribution is 7.10. The molecule has 0 atom stereocenters. The van der Waals surface area contributed by atoms with Gasteiger partial charge in [-0.15, -0.1) is 11.3 Å². The molecular weight excluding hydrogens is 236 g/mol. The monoisotopic (exact) mass is 248 g/mol. The second kappa shape index (κ2) is 5.56. The van der Waals surface area contributed by atoms with Gasteiger partial charge in [-0.3, -0.25) is 4.79 Å². The Bertz CT molecular complexity index is 497. The molecule has 0 radical (unpaired) electrons. The summed E-state index contributed by atoms with van der Waals surface area (Å²) in [4.78, 5) is 16.8. The Hall–Kier alpha value is -1.72. The first kappa shape index (κ1) is 11.8. The van der Waals surface area contributed by atoms with E-state index in [1.54, 1.807) is 29.7 Å². The summed E-state index contributed by atoms with van der Waals surface area (Å²) in [7, 11) is 0. The summed E-state index contributed by atoms with van der Waals surface area (Å²) in [5, 5.41) is 13.7. The van der Waals surface area contributed by atoms with E-state index < -0.39 is 0 Å². The van der Waals surface area contributed by atoms with Crippen LogP contribution < -0.4 is 5.32 Å². The van der Waals surface area contributed by atoms with Crippen LogP contribution in [0.15, 0.2) is 35.8 Å². The second-order valence-electron chi connectivity index (χ2n) is 3.47. The van der Waals surface area contributed by atoms with E-state index in [9.17, 15) is 4.79 Å². The van der Waals surface area contributed by atoms with Crippen LogP contribution in [0.1, 0.15) is 10.4 Å². The van der Waals surface area contributed by atoms with E-state index in [2.05, 4.69) is 10.3 Å². The number of hydrogen-bond acceptors (Lipinski definition) is 4. The minimum atomic E-state index is -0.136. The van der Waals surface area contributed by atoms with Crippen molar-refractivity contribution in [2.24, 2.45) is 0 Å². The number of aliphatic hydroxyl groups is 1. The fourth-order valence-corrected chi connectivity index (χ4v) is 2.13. The van der Waals surface area contributed by atoms with Crippen molar-refractivity contribution in [2.75, 3.05) is 5.32 Å². The number of amides is 1. The Morgan fingerprint density at radius 3 is 3.00 bits per heavy atom. The molecule has 17 heavy (non-hydrogen) atoms. The van der Waals surface area contributed by atoms with Gasteiger partial charge < -0.3 is 10.4 Å². The minimum Gasteiger partial charge on any atom is -0.392 e. The molecule has 0 aromatic carbocycles. The molecule has 0 saturated heterocycles. The third-order valence-electron chi connectivity index (χ3n) is 2.23. The van der Waals surface area contributed by atoms with Crippen LogP contribution in [0.25, 0.3) is 0 Å². The van der Waals surface area contributed by atoms with E-state index >= 15 is 0 Å². The summed E-state index contributed by atoms with van der Waals surface area (Å²) in [5.74, 6) is 0.303. The summed E-state index contributed by atoms with van der Waals surface area (Å²) >= 11 is 1.54. The van der Waals surface area contributed by atoms with Crippen molar-refractivity contribution >= 4 is 23.1 Å². The van der Waals surface area contributed by atoms with Crippen molar-refractivity contribution < 1.29 is 9.90 Å². The smallest absolute Gasteiger partial charge is 0.230 e. The van der Waals surface area contributed by atoms with Crippen LogP contribution in [0, 0.1) is 0 Å². The van der Waals surface area contributed by atoms with Gasteiger partial charge in [-0.1, -0.05) is 12.1 Å². The first-order valence-corrected chi connectivity index (χ1v) is 6.04. The molecule has 0 spiro atoms. The molecule has 2 N–H and O–H groups in total. The van der Waals surface area contributed by atoms with Crippen molar-refractivity contribution in [1.82, 2.24) is 4.98 Å². The predicted molar refractivity (Wildman–Crippen MR) is 66.8 cm³/mol. The van der Waals surface area contributed by atoms with Gasteiger partial charge in [-0.25, -0.2) is 4.98 Å². The lowest BCUT2D eigenvalue weighted by molar-refractivity contribution is -0.115. The maximum Gasteiger partial charge on any atom is 0.230 e. The molecule has 0 aliphatic rings. The number of hydrogen-bond donors (Lipinski definition) is 2. The van der Waals surface area contributed by atoms with E-state index in [1.807, 2.05) is 17.5 Å². The van der Waals surface area contributed by atoms with Crippen molar-refractivity contribution in [1.29, 1.82) is 0 Å². The third-order valence-corrected chi connectivity index (χ3v) is 3.11. The van der Waals surface area contributed by atoms with E-state index in [4.69, 9.17) is 5.11 Å². The molecule has 88 valence electrons. The Kier molecular flexibility index (Phi) is 3.85. The van der Waals surface area contributed by atoms with Crippen LogP contribution in [-0.4, -0.2) is 16.0 Å². The highest BCUT2D eigenvalue weighted by Crippen LogP contribution is 2.13. The number of pyridine rings is 1. The summed E-state index contributed by atoms with van der Waals surface area (Å²) < 4.78 is 0. The molecule has 4 nitrogen and oxygen atoms in total. The molecule has 2 heterocycles. The molecular formula is C12H12N2O2S. The molecule has 1 amide bonds. The molecule has 2 aromatic heterocycles. The molecule has 0 aliphatic heterocycles. The Morgan fingerprint density at radius 1 is 1.41 bits per heavy atom. The fraction of sp³-hybridized carbons (Fsp3) is 0.167. The van der Waals surface area contributed by atoms with Crippen molar-refractivity contribution in [3.05, 3.63) is 46.3 Å². The molecule has 0 saturated carbocycles. The Morgan fingerprint density at radius 2 is 2.29 bits per heavy atom. The van der Waals surface area contributed by atoms with E-state index in [-0.39, 0.29) is 12.5 Å². The van der Waals surface area contributed by atoms with Crippen molar-refractivity contribution in [3.63, 3.8) is 0 Å². The summed E-state index contributed by atoms with van der Waals surface area (Å²) in [6, 6.07) is 7.27. The van der Waals surface area contributed by atoms with Crippen LogP contribution in [0.4, 0.5) is 5.82 Å². The zero-order valence-electron chi connectivity index (χ0n) is 9.09. The second-order valence-corrected chi connectivity index (χ2v) is 4.51. The van der Waals surface area contributed by atoms with Gasteiger partial charge >= 0.3 is 0 Å². The van der Waals surface area contributed by atoms with Gasteiger partial charge in [0.1, 0.15) is 5.82 Å². The van der Waals surface area contributed by atoms with E-state index in [0.29, 0.717) is 17.8 Å². The lowest BCUT2D eigenvalue weighted by Crippen LogP contribution is -2.16. The zero-order chi connectivity index (χ0) is 12.1. The van der Waals surface area contributed by atoms with Crippen molar-refractivity contribution in [2.45, 2.75) is 13.0 Å². The topological polar surface area (TPSA) is 62.2 Å². The number of nitrogens with one attached hydrogen (secondary N) is 1. The number of nitrogens with zero attached hydrogens (tertiary/aromatic N) is 1. The summed E-state index contributed by atoms with van der Waals surface area (Å²) in [6.45, 7) is -0.136. The maximum atomic E-state index is 11.7. The number of thiophene rings is 1. The van der Waals surface area contributed by atoms with E-state index in [0.717, 1.165) is 4.88 Å². The van der Waals surface area contributed by atoms with Crippen LogP contribution >= 0.6 is 11.3 Å². The standard InChI is InChI=1S/C12H12N2O2S/c15-8-9-3-1-5-13-12(9)14-11(16)7-10-4-2-6-17-10/h1-6,15H,7-8H2,(H,13,14,16). The Labute approximate surface area is 103 Å². The van der Waals surface area contributed by atoms with E-state index in [1.165, 1.54) is 0 Å². The van der Waals surface area contributed by atoms with Gasteiger partial charge in [0, 0.05) is 16.6 Å². The maximum absolute atomic E-state index is 11.7. The first-order valence-electron chi connectivity index (χ1n) is 5.16. The average Bonchev–Trinajstić information content (AvgIpc) is 2.82. The van der Waals surface area contributed by atoms with Gasteiger partial charge in [-0.05, 0) is 17.5 Å². The number of carbonyl (C=O) groups excluding carboxylic acids is 1. The largest absolute Gasteiger partial charge is 0.392 e. The van der Waals surface area contributed by atoms with Gasteiger partial charge in [0.05, 0.1) is 13.0 Å². The first-order chi connectivity index (χ1) is 8.29. The van der Waals surface area contributed by atoms with Gasteiger partial charge in [0.15, 0.2) is 0 Å². The molecule has 0 bridgehead atoms. The van der Waals surface area contributed by atoms with Gasteiger partial charge in [0.25, 0.3) is 0 Å². The fourth-order valence-electron chi connectivity index (χ4n) is 1.43. The summed E-state index contributed by atoms with van der Waals surface area (Å²) in [6.07, 6.45) is 1.92. The average molecular weight is 248 g/mol. The van der Waals surface area contributed by atoms with Crippen LogP contribution in [-0.2, 0) is 17.8 Å². The number of aromatic nitrogens is 1. The quantitative estimate of drug-likeness (QED) is 0.867. The molecule has 5 heteroatoms. The zero-order valence-corrected chi connectivity index (χ0v) is 9.91. The lowest BCUT2D eigenvalue weighted by Gasteiger charge is -2.07. The number of aliphatic hydroxyl groups excluding tert-OH is 1. The lowest BCUT2D eigenvalue weighted by atomic mass is 10.2. The van der Waals surface area contributed by atoms with Gasteiger partial charge in [-0.2, -0.15) is 0 Å². The van der Waals surface area contributed by atoms with Crippen molar-refractivity contribution in [3.8, 4) is 0 Å². The SMILES string of the molecule is O=C(Cc1cccs1)Nc1ncccc1CO. The molecule has 0 unspecified atom stereocenters. The predicted octanol–water partition coefficient (Wildman–Crippen LogP) is 1.82. The number of carbonyl (C=O) groups is 1. The normalized spacial score (nSPS) is 10.2. The summed E-state index contributed by atoms with van der Waals surface area (Å²) in [5.41, 5.74) is 0.618. The highest BCUT2D eigenvalue weighted by Gasteiger charge is 2.08.